The van der Waals surface area contributed by atoms with Gasteiger partial charge in [-0.05, 0) is 37.2 Å². The molecule has 0 aromatic carbocycles. The van der Waals surface area contributed by atoms with E-state index < -0.39 is 5.97 Å². The van der Waals surface area contributed by atoms with Crippen molar-refractivity contribution in [1.82, 2.24) is 0 Å². The second-order valence-electron chi connectivity index (χ2n) is 4.78. The predicted octanol–water partition coefficient (Wildman–Crippen LogP) is 4.55. The number of carbonyl (C=O) groups is 1. The minimum Gasteiger partial charge on any atom is -0.481 e. The molecule has 0 spiro atoms. The summed E-state index contributed by atoms with van der Waals surface area (Å²) in [4.78, 5) is 10.2. The summed E-state index contributed by atoms with van der Waals surface area (Å²) in [5, 5.41) is 8.43. The molecule has 2 nitrogen and oxygen atoms in total. The highest BCUT2D eigenvalue weighted by Gasteiger charge is 1.92. The molecule has 0 aromatic heterocycles. The molecule has 110 valence electrons. The Morgan fingerprint density at radius 2 is 1.80 bits per heavy atom. The smallest absolute Gasteiger partial charge is 0.303 e. The van der Waals surface area contributed by atoms with Crippen LogP contribution >= 0.6 is 0 Å². The van der Waals surface area contributed by atoms with E-state index in [1.807, 2.05) is 6.08 Å². The van der Waals surface area contributed by atoms with Gasteiger partial charge in [-0.3, -0.25) is 4.79 Å². The van der Waals surface area contributed by atoms with Gasteiger partial charge in [0, 0.05) is 12.8 Å². The van der Waals surface area contributed by atoms with E-state index in [0.717, 1.165) is 6.42 Å². The van der Waals surface area contributed by atoms with Crippen LogP contribution in [0.15, 0.2) is 12.2 Å². The van der Waals surface area contributed by atoms with E-state index in [9.17, 15) is 4.79 Å². The van der Waals surface area contributed by atoms with Crippen molar-refractivity contribution in [3.05, 3.63) is 12.2 Å². The Kier molecular flexibility index (Phi) is 14.1. The fourth-order valence-corrected chi connectivity index (χ4v) is 1.70. The minimum atomic E-state index is -0.768. The van der Waals surface area contributed by atoms with Crippen molar-refractivity contribution in [1.29, 1.82) is 0 Å². The number of aliphatic carboxylic acids is 1. The van der Waals surface area contributed by atoms with E-state index >= 15 is 0 Å². The van der Waals surface area contributed by atoms with Crippen LogP contribution in [0, 0.1) is 23.7 Å². The summed E-state index contributed by atoms with van der Waals surface area (Å²) in [7, 11) is 0. The Morgan fingerprint density at radius 3 is 2.55 bits per heavy atom. The first-order valence-electron chi connectivity index (χ1n) is 7.62. The zero-order valence-corrected chi connectivity index (χ0v) is 12.6. The molecule has 0 rings (SSSR count). The Bertz CT molecular complexity index is 385. The highest BCUT2D eigenvalue weighted by atomic mass is 16.4. The van der Waals surface area contributed by atoms with Gasteiger partial charge in [0.05, 0.1) is 0 Å². The normalized spacial score (nSPS) is 9.65. The van der Waals surface area contributed by atoms with Crippen LogP contribution in [0.25, 0.3) is 0 Å². The SMILES string of the molecule is CCCCCCCCC=CC#CC#CCCCC(=O)O. The first-order chi connectivity index (χ1) is 9.77. The van der Waals surface area contributed by atoms with Gasteiger partial charge in [0.15, 0.2) is 0 Å². The maximum Gasteiger partial charge on any atom is 0.303 e. The van der Waals surface area contributed by atoms with Crippen LogP contribution in [-0.2, 0) is 4.79 Å². The van der Waals surface area contributed by atoms with Gasteiger partial charge >= 0.3 is 5.97 Å². The quantitative estimate of drug-likeness (QED) is 0.468. The van der Waals surface area contributed by atoms with Crippen molar-refractivity contribution in [2.45, 2.75) is 71.1 Å². The van der Waals surface area contributed by atoms with Gasteiger partial charge in [-0.25, -0.2) is 0 Å². The molecule has 0 unspecified atom stereocenters. The molecular formula is C18H26O2. The molecule has 0 radical (unpaired) electrons. The van der Waals surface area contributed by atoms with Crippen LogP contribution in [0.3, 0.4) is 0 Å². The Labute approximate surface area is 123 Å². The summed E-state index contributed by atoms with van der Waals surface area (Å²) in [6.07, 6.45) is 14.3. The largest absolute Gasteiger partial charge is 0.481 e. The summed E-state index contributed by atoms with van der Waals surface area (Å²) >= 11 is 0. The van der Waals surface area contributed by atoms with Crippen LogP contribution < -0.4 is 0 Å². The Balaban J connectivity index is 3.44. The summed E-state index contributed by atoms with van der Waals surface area (Å²) in [6.45, 7) is 2.23. The number of hydrogen-bond donors (Lipinski definition) is 1. The third-order valence-electron chi connectivity index (χ3n) is 2.84. The fourth-order valence-electron chi connectivity index (χ4n) is 1.70. The predicted molar refractivity (Wildman–Crippen MR) is 84.2 cm³/mol. The van der Waals surface area contributed by atoms with E-state index in [4.69, 9.17) is 5.11 Å². The van der Waals surface area contributed by atoms with Crippen LogP contribution in [0.2, 0.25) is 0 Å². The molecule has 0 aliphatic heterocycles. The van der Waals surface area contributed by atoms with Crippen molar-refractivity contribution < 1.29 is 9.90 Å². The molecule has 0 bridgehead atoms. The number of carboxylic acids is 1. The molecule has 0 saturated carbocycles. The van der Waals surface area contributed by atoms with Crippen molar-refractivity contribution in [3.63, 3.8) is 0 Å². The highest BCUT2D eigenvalue weighted by Crippen LogP contribution is 2.06. The molecular weight excluding hydrogens is 248 g/mol. The molecule has 0 amide bonds. The molecule has 1 N–H and O–H groups in total. The zero-order chi connectivity index (χ0) is 14.9. The third kappa shape index (κ3) is 16.3. The summed E-state index contributed by atoms with van der Waals surface area (Å²) in [5.74, 6) is 10.4. The van der Waals surface area contributed by atoms with E-state index in [0.29, 0.717) is 12.8 Å². The molecule has 0 fully saturated rings. The molecule has 0 aliphatic rings. The fraction of sp³-hybridized carbons (Fsp3) is 0.611. The summed E-state index contributed by atoms with van der Waals surface area (Å²) in [6, 6.07) is 0. The van der Waals surface area contributed by atoms with Gasteiger partial charge in [-0.15, -0.1) is 0 Å². The van der Waals surface area contributed by atoms with Gasteiger partial charge < -0.3 is 5.11 Å². The minimum absolute atomic E-state index is 0.181. The van der Waals surface area contributed by atoms with E-state index in [2.05, 4.69) is 36.7 Å². The summed E-state index contributed by atoms with van der Waals surface area (Å²) < 4.78 is 0. The number of carboxylic acid groups (broad SMARTS) is 1. The van der Waals surface area contributed by atoms with Crippen molar-refractivity contribution in [2.75, 3.05) is 0 Å². The van der Waals surface area contributed by atoms with Crippen molar-refractivity contribution in [2.24, 2.45) is 0 Å². The Hall–Kier alpha value is -1.67. The Morgan fingerprint density at radius 1 is 1.05 bits per heavy atom. The monoisotopic (exact) mass is 274 g/mol. The highest BCUT2D eigenvalue weighted by molar-refractivity contribution is 5.66. The lowest BCUT2D eigenvalue weighted by atomic mass is 10.1. The lowest BCUT2D eigenvalue weighted by Gasteiger charge is -1.96. The van der Waals surface area contributed by atoms with Gasteiger partial charge in [-0.2, -0.15) is 0 Å². The maximum absolute atomic E-state index is 10.2. The van der Waals surface area contributed by atoms with Gasteiger partial charge in [0.25, 0.3) is 0 Å². The molecule has 2 heteroatoms. The molecule has 0 heterocycles. The molecule has 20 heavy (non-hydrogen) atoms. The zero-order valence-electron chi connectivity index (χ0n) is 12.6. The third-order valence-corrected chi connectivity index (χ3v) is 2.84. The van der Waals surface area contributed by atoms with Crippen LogP contribution in [0.1, 0.15) is 71.1 Å². The van der Waals surface area contributed by atoms with Crippen molar-refractivity contribution >= 4 is 5.97 Å². The van der Waals surface area contributed by atoms with Crippen molar-refractivity contribution in [3.8, 4) is 23.7 Å². The van der Waals surface area contributed by atoms with E-state index in [1.54, 1.807) is 0 Å². The molecule has 0 saturated heterocycles. The molecule has 0 aliphatic carbocycles. The first-order valence-corrected chi connectivity index (χ1v) is 7.62. The maximum atomic E-state index is 10.2. The molecule has 0 aromatic rings. The first kappa shape index (κ1) is 18.3. The molecule has 0 atom stereocenters. The topological polar surface area (TPSA) is 37.3 Å². The standard InChI is InChI=1S/C18H26O2/c1-2-3-4-5-6-7-8-9-10-11-12-13-14-15-16-17-18(19)20/h9-10H,2-8,15-17H2,1H3,(H,19,20). The number of unbranched alkanes of at least 4 members (excludes halogenated alkanes) is 7. The number of allylic oxidation sites excluding steroid dienone is 2. The van der Waals surface area contributed by atoms with Gasteiger partial charge in [0.2, 0.25) is 0 Å². The number of hydrogen-bond acceptors (Lipinski definition) is 1. The van der Waals surface area contributed by atoms with Gasteiger partial charge in [-0.1, -0.05) is 56.9 Å². The van der Waals surface area contributed by atoms with E-state index in [1.165, 1.54) is 38.5 Å². The van der Waals surface area contributed by atoms with E-state index in [-0.39, 0.29) is 6.42 Å². The average molecular weight is 274 g/mol. The number of rotatable bonds is 10. The lowest BCUT2D eigenvalue weighted by molar-refractivity contribution is -0.137. The van der Waals surface area contributed by atoms with Crippen LogP contribution in [-0.4, -0.2) is 11.1 Å². The summed E-state index contributed by atoms with van der Waals surface area (Å²) in [5.41, 5.74) is 0. The second kappa shape index (κ2) is 15.4. The van der Waals surface area contributed by atoms with Crippen LogP contribution in [0.5, 0.6) is 0 Å². The second-order valence-corrected chi connectivity index (χ2v) is 4.78. The lowest BCUT2D eigenvalue weighted by Crippen LogP contribution is -1.92. The average Bonchev–Trinajstić information content (AvgIpc) is 2.43. The van der Waals surface area contributed by atoms with Crippen LogP contribution in [0.4, 0.5) is 0 Å². The van der Waals surface area contributed by atoms with Gasteiger partial charge in [0.1, 0.15) is 0 Å².